The fraction of sp³-hybridized carbons (Fsp3) is 0.171. The molecular weight excluding hydrogens is 526 g/mol. The van der Waals surface area contributed by atoms with E-state index in [2.05, 4.69) is 47.5 Å². The predicted molar refractivity (Wildman–Crippen MR) is 158 cm³/mol. The van der Waals surface area contributed by atoms with Crippen LogP contribution in [-0.2, 0) is 32.8 Å². The predicted octanol–water partition coefficient (Wildman–Crippen LogP) is 5.61. The van der Waals surface area contributed by atoms with Crippen molar-refractivity contribution >= 4 is 5.97 Å². The van der Waals surface area contributed by atoms with Crippen molar-refractivity contribution in [2.75, 3.05) is 6.61 Å². The first-order chi connectivity index (χ1) is 20.5. The maximum absolute atomic E-state index is 12.9. The van der Waals surface area contributed by atoms with Gasteiger partial charge in [0.2, 0.25) is 0 Å². The molecule has 1 atom stereocenters. The normalized spacial score (nSPS) is 12.7. The fourth-order valence-electron chi connectivity index (χ4n) is 5.20. The van der Waals surface area contributed by atoms with Crippen molar-refractivity contribution < 1.29 is 19.4 Å². The maximum Gasteiger partial charge on any atom is 0.367 e. The molecule has 0 radical (unpaired) electrons. The first-order valence-corrected chi connectivity index (χ1v) is 13.7. The minimum Gasteiger partial charge on any atom is -0.462 e. The second-order valence-corrected chi connectivity index (χ2v) is 9.86. The van der Waals surface area contributed by atoms with Crippen LogP contribution in [0.3, 0.4) is 0 Å². The number of carbonyl (C=O) groups excluding carboxylic acids is 1. The molecule has 42 heavy (non-hydrogen) atoms. The quantitative estimate of drug-likeness (QED) is 0.129. The largest absolute Gasteiger partial charge is 0.462 e. The Labute approximate surface area is 245 Å². The molecule has 1 aromatic heterocycles. The Balaban J connectivity index is 1.52. The van der Waals surface area contributed by atoms with Gasteiger partial charge in [0, 0.05) is 12.6 Å². The molecular formula is C35H31N3O4. The van der Waals surface area contributed by atoms with Crippen molar-refractivity contribution in [2.24, 2.45) is 0 Å². The minimum atomic E-state index is -2.25. The third-order valence-electron chi connectivity index (χ3n) is 7.18. The lowest BCUT2D eigenvalue weighted by Crippen LogP contribution is -2.45. The third kappa shape index (κ3) is 5.72. The zero-order valence-electron chi connectivity index (χ0n) is 23.3. The Kier molecular flexibility index (Phi) is 8.58. The zero-order valence-corrected chi connectivity index (χ0v) is 23.3. The van der Waals surface area contributed by atoms with Gasteiger partial charge in [-0.3, -0.25) is 0 Å². The summed E-state index contributed by atoms with van der Waals surface area (Å²) in [4.78, 5) is 17.5. The van der Waals surface area contributed by atoms with E-state index in [9.17, 15) is 9.90 Å². The minimum absolute atomic E-state index is 0.0836. The van der Waals surface area contributed by atoms with Crippen LogP contribution in [0.25, 0.3) is 0 Å². The van der Waals surface area contributed by atoms with E-state index in [1.54, 1.807) is 37.5 Å². The van der Waals surface area contributed by atoms with Crippen LogP contribution in [-0.4, -0.2) is 33.0 Å². The second-order valence-electron chi connectivity index (χ2n) is 9.86. The van der Waals surface area contributed by atoms with Gasteiger partial charge in [-0.25, -0.2) is 9.78 Å². The number of rotatable bonds is 11. The summed E-state index contributed by atoms with van der Waals surface area (Å²) in [6.07, 6.45) is 3.47. The van der Waals surface area contributed by atoms with Crippen molar-refractivity contribution in [1.82, 2.24) is 9.55 Å². The highest BCUT2D eigenvalue weighted by atomic mass is 16.7. The lowest BCUT2D eigenvalue weighted by Gasteiger charge is -2.37. The van der Waals surface area contributed by atoms with Crippen molar-refractivity contribution in [3.63, 3.8) is 0 Å². The van der Waals surface area contributed by atoms with Crippen LogP contribution in [0.15, 0.2) is 128 Å². The number of carbonyl (C=O) groups is 1. The highest BCUT2D eigenvalue weighted by molar-refractivity contribution is 5.78. The number of aliphatic hydroxyl groups is 1. The number of nitriles is 1. The Morgan fingerprint density at radius 2 is 1.38 bits per heavy atom. The van der Waals surface area contributed by atoms with Crippen molar-refractivity contribution in [3.8, 4) is 6.07 Å². The highest BCUT2D eigenvalue weighted by Crippen LogP contribution is 2.40. The molecule has 7 nitrogen and oxygen atoms in total. The average Bonchev–Trinajstić information content (AvgIpc) is 3.52. The monoisotopic (exact) mass is 557 g/mol. The van der Waals surface area contributed by atoms with Gasteiger partial charge in [0.05, 0.1) is 36.9 Å². The number of nitrogens with zero attached hydrogens (tertiary/aromatic N) is 3. The van der Waals surface area contributed by atoms with Gasteiger partial charge in [0.25, 0.3) is 5.79 Å². The zero-order chi connectivity index (χ0) is 29.4. The van der Waals surface area contributed by atoms with E-state index >= 15 is 0 Å². The summed E-state index contributed by atoms with van der Waals surface area (Å²) in [7, 11) is 0. The molecule has 5 rings (SSSR count). The van der Waals surface area contributed by atoms with E-state index in [1.807, 2.05) is 65.4 Å². The summed E-state index contributed by atoms with van der Waals surface area (Å²) in [6.45, 7) is 1.60. The molecule has 0 saturated heterocycles. The van der Waals surface area contributed by atoms with Crippen LogP contribution in [0.4, 0.5) is 0 Å². The van der Waals surface area contributed by atoms with Gasteiger partial charge < -0.3 is 19.1 Å². The standard InChI is InChI=1S/C35H31N3O4/c1-2-41-33(39)34(40,22-27-18-20-28(23-36)21-19-27)42-25-32-24-38(26-37-32)35(29-12-6-3-7-13-29,30-14-8-4-9-15-30)31-16-10-5-11-17-31/h3-21,24,26,40H,2,22,25H2,1H3. The summed E-state index contributed by atoms with van der Waals surface area (Å²) >= 11 is 0. The van der Waals surface area contributed by atoms with E-state index in [0.29, 0.717) is 16.8 Å². The van der Waals surface area contributed by atoms with Crippen LogP contribution in [0.1, 0.15) is 40.4 Å². The molecule has 0 amide bonds. The van der Waals surface area contributed by atoms with Gasteiger partial charge in [0.1, 0.15) is 5.54 Å². The molecule has 210 valence electrons. The molecule has 7 heteroatoms. The van der Waals surface area contributed by atoms with E-state index < -0.39 is 17.3 Å². The lowest BCUT2D eigenvalue weighted by molar-refractivity contribution is -0.232. The van der Waals surface area contributed by atoms with Gasteiger partial charge in [-0.05, 0) is 41.3 Å². The number of aromatic nitrogens is 2. The molecule has 0 spiro atoms. The van der Waals surface area contributed by atoms with Gasteiger partial charge >= 0.3 is 5.97 Å². The number of benzene rings is 4. The highest BCUT2D eigenvalue weighted by Gasteiger charge is 2.41. The first kappa shape index (κ1) is 28.5. The topological polar surface area (TPSA) is 97.4 Å². The molecule has 4 aromatic carbocycles. The fourth-order valence-corrected chi connectivity index (χ4v) is 5.20. The smallest absolute Gasteiger partial charge is 0.367 e. The van der Waals surface area contributed by atoms with Crippen LogP contribution < -0.4 is 0 Å². The van der Waals surface area contributed by atoms with Crippen molar-refractivity contribution in [3.05, 3.63) is 161 Å². The van der Waals surface area contributed by atoms with Crippen molar-refractivity contribution in [1.29, 1.82) is 5.26 Å². The Morgan fingerprint density at radius 3 is 1.86 bits per heavy atom. The van der Waals surface area contributed by atoms with Crippen LogP contribution in [0.2, 0.25) is 0 Å². The van der Waals surface area contributed by atoms with Gasteiger partial charge in [-0.1, -0.05) is 103 Å². The number of esters is 1. The van der Waals surface area contributed by atoms with Crippen molar-refractivity contribution in [2.45, 2.75) is 31.3 Å². The Morgan fingerprint density at radius 1 is 0.857 bits per heavy atom. The second kappa shape index (κ2) is 12.6. The molecule has 0 bridgehead atoms. The van der Waals surface area contributed by atoms with Gasteiger partial charge in [-0.2, -0.15) is 5.26 Å². The number of ether oxygens (including phenoxy) is 2. The maximum atomic E-state index is 12.9. The van der Waals surface area contributed by atoms with E-state index in [-0.39, 0.29) is 19.6 Å². The number of imidazole rings is 1. The molecule has 1 heterocycles. The van der Waals surface area contributed by atoms with E-state index in [0.717, 1.165) is 16.7 Å². The van der Waals surface area contributed by atoms with Gasteiger partial charge in [-0.15, -0.1) is 0 Å². The summed E-state index contributed by atoms with van der Waals surface area (Å²) in [6, 6.07) is 39.2. The van der Waals surface area contributed by atoms with Crippen LogP contribution in [0.5, 0.6) is 0 Å². The summed E-state index contributed by atoms with van der Waals surface area (Å²) in [5.74, 6) is -3.13. The molecule has 5 aromatic rings. The molecule has 0 fully saturated rings. The number of hydrogen-bond acceptors (Lipinski definition) is 6. The van der Waals surface area contributed by atoms with E-state index in [4.69, 9.17) is 14.7 Å². The third-order valence-corrected chi connectivity index (χ3v) is 7.18. The van der Waals surface area contributed by atoms with E-state index in [1.165, 1.54) is 0 Å². The SMILES string of the molecule is CCOC(=O)C(O)(Cc1ccc(C#N)cc1)OCc1cn(C(c2ccccc2)(c2ccccc2)c2ccccc2)cn1. The first-order valence-electron chi connectivity index (χ1n) is 13.7. The summed E-state index contributed by atoms with van der Waals surface area (Å²) in [5.41, 5.74) is 3.97. The molecule has 1 unspecified atom stereocenters. The number of hydrogen-bond donors (Lipinski definition) is 1. The molecule has 1 N–H and O–H groups in total. The summed E-state index contributed by atoms with van der Waals surface area (Å²) < 4.78 is 13.1. The average molecular weight is 558 g/mol. The molecule has 0 aliphatic heterocycles. The Hall–Kier alpha value is -5.03. The van der Waals surface area contributed by atoms with Crippen LogP contribution in [0, 0.1) is 11.3 Å². The Bertz CT molecular complexity index is 1550. The molecule has 0 saturated carbocycles. The lowest BCUT2D eigenvalue weighted by atomic mass is 9.77. The molecule has 0 aliphatic carbocycles. The summed E-state index contributed by atoms with van der Waals surface area (Å²) in [5, 5.41) is 20.5. The van der Waals surface area contributed by atoms with Gasteiger partial charge in [0.15, 0.2) is 0 Å². The molecule has 0 aliphatic rings. The van der Waals surface area contributed by atoms with Crippen LogP contribution >= 0.6 is 0 Å².